The zero-order chi connectivity index (χ0) is 18.8. The van der Waals surface area contributed by atoms with E-state index in [-0.39, 0.29) is 0 Å². The number of rotatable bonds is 4. The van der Waals surface area contributed by atoms with Gasteiger partial charge in [-0.15, -0.1) is 0 Å². The Morgan fingerprint density at radius 1 is 1.04 bits per heavy atom. The Labute approximate surface area is 163 Å². The molecule has 2 heterocycles. The van der Waals surface area contributed by atoms with Crippen molar-refractivity contribution in [1.82, 2.24) is 15.0 Å². The van der Waals surface area contributed by atoms with E-state index in [0.717, 1.165) is 20.9 Å². The summed E-state index contributed by atoms with van der Waals surface area (Å²) < 4.78 is 0.911. The second kappa shape index (κ2) is 7.13. The van der Waals surface area contributed by atoms with Crippen LogP contribution in [0.4, 0.5) is 11.5 Å². The minimum Gasteiger partial charge on any atom is -0.366 e. The molecule has 0 saturated carbocycles. The van der Waals surface area contributed by atoms with Crippen LogP contribution in [-0.2, 0) is 0 Å². The van der Waals surface area contributed by atoms with Crippen molar-refractivity contribution in [3.8, 4) is 11.4 Å². The second-order valence-corrected chi connectivity index (χ2v) is 6.75. The zero-order valence-corrected chi connectivity index (χ0v) is 15.6. The molecule has 0 unspecified atom stereocenters. The number of carbonyl (C=O) groups excluding carboxylic acids is 1. The molecule has 1 amide bonds. The standard InChI is InChI=1S/C20H14BrN5O/c21-13-7-8-15-17(10-13)25-19(12-4-3-9-23-11-12)26-20(15)24-16-6-2-1-5-14(16)18(22)27/h1-11H,(H2,22,27)(H,24,25,26). The minimum atomic E-state index is -0.508. The van der Waals surface area contributed by atoms with Crippen LogP contribution in [0, 0.1) is 0 Å². The van der Waals surface area contributed by atoms with Crippen LogP contribution in [-0.4, -0.2) is 20.9 Å². The Morgan fingerprint density at radius 3 is 2.67 bits per heavy atom. The van der Waals surface area contributed by atoms with Gasteiger partial charge in [0.15, 0.2) is 5.82 Å². The highest BCUT2D eigenvalue weighted by molar-refractivity contribution is 9.10. The number of pyridine rings is 1. The van der Waals surface area contributed by atoms with Gasteiger partial charge in [0.2, 0.25) is 0 Å². The molecular weight excluding hydrogens is 406 g/mol. The smallest absolute Gasteiger partial charge is 0.250 e. The SMILES string of the molecule is NC(=O)c1ccccc1Nc1nc(-c2cccnc2)nc2cc(Br)ccc12. The molecule has 0 spiro atoms. The Balaban J connectivity index is 1.90. The predicted octanol–water partition coefficient (Wildman–Crippen LogP) is 4.30. The summed E-state index contributed by atoms with van der Waals surface area (Å²) in [7, 11) is 0. The number of nitrogens with one attached hydrogen (secondary N) is 1. The van der Waals surface area contributed by atoms with Gasteiger partial charge in [0.1, 0.15) is 5.82 Å². The molecule has 0 atom stereocenters. The fourth-order valence-corrected chi connectivity index (χ4v) is 3.11. The summed E-state index contributed by atoms with van der Waals surface area (Å²) in [6.45, 7) is 0. The molecule has 0 aliphatic heterocycles. The molecule has 0 saturated heterocycles. The maximum Gasteiger partial charge on any atom is 0.250 e. The summed E-state index contributed by atoms with van der Waals surface area (Å²) in [5.74, 6) is 0.611. The number of halogens is 1. The molecular formula is C20H14BrN5O. The van der Waals surface area contributed by atoms with Crippen molar-refractivity contribution in [2.24, 2.45) is 5.73 Å². The fourth-order valence-electron chi connectivity index (χ4n) is 2.76. The molecule has 0 aliphatic rings. The number of fused-ring (bicyclic) bond motifs is 1. The molecule has 4 aromatic rings. The van der Waals surface area contributed by atoms with Gasteiger partial charge in [-0.3, -0.25) is 9.78 Å². The number of amides is 1. The van der Waals surface area contributed by atoms with Crippen molar-refractivity contribution in [2.75, 3.05) is 5.32 Å². The van der Waals surface area contributed by atoms with Crippen LogP contribution in [0.5, 0.6) is 0 Å². The number of anilines is 2. The number of hydrogen-bond donors (Lipinski definition) is 2. The molecule has 6 nitrogen and oxygen atoms in total. The van der Waals surface area contributed by atoms with Gasteiger partial charge in [0, 0.05) is 27.8 Å². The van der Waals surface area contributed by atoms with Crippen LogP contribution in [0.3, 0.4) is 0 Å². The summed E-state index contributed by atoms with van der Waals surface area (Å²) in [6, 6.07) is 16.5. The third kappa shape index (κ3) is 3.50. The monoisotopic (exact) mass is 419 g/mol. The van der Waals surface area contributed by atoms with Crippen LogP contribution in [0.1, 0.15) is 10.4 Å². The summed E-state index contributed by atoms with van der Waals surface area (Å²) in [6.07, 6.45) is 3.41. The van der Waals surface area contributed by atoms with Crippen molar-refractivity contribution in [2.45, 2.75) is 0 Å². The Kier molecular flexibility index (Phi) is 4.52. The maximum atomic E-state index is 11.7. The van der Waals surface area contributed by atoms with Gasteiger partial charge in [0.25, 0.3) is 5.91 Å². The molecule has 2 aromatic carbocycles. The van der Waals surface area contributed by atoms with Gasteiger partial charge in [0.05, 0.1) is 16.8 Å². The van der Waals surface area contributed by atoms with Crippen molar-refractivity contribution >= 4 is 44.2 Å². The van der Waals surface area contributed by atoms with Crippen molar-refractivity contribution in [3.63, 3.8) is 0 Å². The fraction of sp³-hybridized carbons (Fsp3) is 0. The average Bonchev–Trinajstić information content (AvgIpc) is 2.68. The third-order valence-electron chi connectivity index (χ3n) is 4.02. The van der Waals surface area contributed by atoms with Gasteiger partial charge in [-0.2, -0.15) is 0 Å². The molecule has 0 fully saturated rings. The zero-order valence-electron chi connectivity index (χ0n) is 14.1. The largest absolute Gasteiger partial charge is 0.366 e. The Morgan fingerprint density at radius 2 is 1.89 bits per heavy atom. The summed E-state index contributed by atoms with van der Waals surface area (Å²) in [5.41, 5.74) is 8.03. The van der Waals surface area contributed by atoms with Crippen molar-refractivity contribution < 1.29 is 4.79 Å². The number of para-hydroxylation sites is 1. The lowest BCUT2D eigenvalue weighted by Gasteiger charge is -2.13. The topological polar surface area (TPSA) is 93.8 Å². The number of carbonyl (C=O) groups is 1. The van der Waals surface area contributed by atoms with Crippen LogP contribution in [0.25, 0.3) is 22.3 Å². The van der Waals surface area contributed by atoms with E-state index in [9.17, 15) is 4.79 Å². The lowest BCUT2D eigenvalue weighted by atomic mass is 10.1. The second-order valence-electron chi connectivity index (χ2n) is 5.83. The van der Waals surface area contributed by atoms with E-state index >= 15 is 0 Å². The highest BCUT2D eigenvalue weighted by Crippen LogP contribution is 2.30. The van der Waals surface area contributed by atoms with Crippen LogP contribution >= 0.6 is 15.9 Å². The van der Waals surface area contributed by atoms with Crippen LogP contribution < -0.4 is 11.1 Å². The van der Waals surface area contributed by atoms with Crippen molar-refractivity contribution in [1.29, 1.82) is 0 Å². The lowest BCUT2D eigenvalue weighted by molar-refractivity contribution is 0.100. The third-order valence-corrected chi connectivity index (χ3v) is 4.52. The van der Waals surface area contributed by atoms with Gasteiger partial charge < -0.3 is 11.1 Å². The molecule has 4 rings (SSSR count). The average molecular weight is 420 g/mol. The van der Waals surface area contributed by atoms with Gasteiger partial charge >= 0.3 is 0 Å². The van der Waals surface area contributed by atoms with Gasteiger partial charge in [-0.25, -0.2) is 9.97 Å². The lowest BCUT2D eigenvalue weighted by Crippen LogP contribution is -2.13. The number of hydrogen-bond acceptors (Lipinski definition) is 5. The number of aromatic nitrogens is 3. The summed E-state index contributed by atoms with van der Waals surface area (Å²) >= 11 is 3.48. The molecule has 132 valence electrons. The molecule has 0 aliphatic carbocycles. The molecule has 2 aromatic heterocycles. The first-order valence-electron chi connectivity index (χ1n) is 8.15. The Hall–Kier alpha value is -3.32. The molecule has 27 heavy (non-hydrogen) atoms. The minimum absolute atomic E-state index is 0.393. The molecule has 0 radical (unpaired) electrons. The number of primary amides is 1. The first-order chi connectivity index (χ1) is 13.1. The highest BCUT2D eigenvalue weighted by Gasteiger charge is 2.13. The predicted molar refractivity (Wildman–Crippen MR) is 109 cm³/mol. The summed E-state index contributed by atoms with van der Waals surface area (Å²) in [5, 5.41) is 4.06. The van der Waals surface area contributed by atoms with Crippen LogP contribution in [0.2, 0.25) is 0 Å². The van der Waals surface area contributed by atoms with E-state index in [2.05, 4.69) is 36.2 Å². The van der Waals surface area contributed by atoms with Gasteiger partial charge in [-0.1, -0.05) is 28.1 Å². The molecule has 3 N–H and O–H groups in total. The molecule has 7 heteroatoms. The Bertz CT molecular complexity index is 1150. The maximum absolute atomic E-state index is 11.7. The van der Waals surface area contributed by atoms with Crippen LogP contribution in [0.15, 0.2) is 71.5 Å². The van der Waals surface area contributed by atoms with E-state index in [1.54, 1.807) is 30.6 Å². The quantitative estimate of drug-likeness (QED) is 0.514. The van der Waals surface area contributed by atoms with Crippen molar-refractivity contribution in [3.05, 3.63) is 77.0 Å². The van der Waals surface area contributed by atoms with E-state index < -0.39 is 5.91 Å². The van der Waals surface area contributed by atoms with Gasteiger partial charge in [-0.05, 0) is 42.5 Å². The summed E-state index contributed by atoms with van der Waals surface area (Å²) in [4.78, 5) is 25.2. The van der Waals surface area contributed by atoms with E-state index in [4.69, 9.17) is 5.73 Å². The number of benzene rings is 2. The van der Waals surface area contributed by atoms with E-state index in [0.29, 0.717) is 22.9 Å². The first-order valence-corrected chi connectivity index (χ1v) is 8.95. The van der Waals surface area contributed by atoms with E-state index in [1.165, 1.54) is 0 Å². The highest BCUT2D eigenvalue weighted by atomic mass is 79.9. The normalized spacial score (nSPS) is 10.7. The van der Waals surface area contributed by atoms with E-state index in [1.807, 2.05) is 36.4 Å². The number of nitrogens with zero attached hydrogens (tertiary/aromatic N) is 3. The molecule has 0 bridgehead atoms. The number of nitrogens with two attached hydrogens (primary N) is 1. The first kappa shape index (κ1) is 17.1.